The Labute approximate surface area is 187 Å². The maximum absolute atomic E-state index is 14.9. The summed E-state index contributed by atoms with van der Waals surface area (Å²) in [5.41, 5.74) is 4.53. The van der Waals surface area contributed by atoms with Crippen molar-refractivity contribution >= 4 is 29.1 Å². The lowest BCUT2D eigenvalue weighted by Crippen LogP contribution is -2.08. The predicted octanol–water partition coefficient (Wildman–Crippen LogP) is 6.78. The largest absolute Gasteiger partial charge is 0.466 e. The van der Waals surface area contributed by atoms with Gasteiger partial charge < -0.3 is 14.8 Å². The van der Waals surface area contributed by atoms with Crippen LogP contribution >= 0.6 is 11.9 Å². The maximum atomic E-state index is 14.9. The van der Waals surface area contributed by atoms with Crippen molar-refractivity contribution in [2.45, 2.75) is 57.8 Å². The molecule has 1 saturated carbocycles. The van der Waals surface area contributed by atoms with Crippen LogP contribution in [-0.4, -0.2) is 16.0 Å². The van der Waals surface area contributed by atoms with Crippen LogP contribution in [0.15, 0.2) is 41.9 Å². The first-order chi connectivity index (χ1) is 15.1. The summed E-state index contributed by atoms with van der Waals surface area (Å²) in [7, 11) is 0. The Bertz CT molecular complexity index is 1030. The zero-order valence-electron chi connectivity index (χ0n) is 17.9. The van der Waals surface area contributed by atoms with Gasteiger partial charge >= 0.3 is 0 Å². The number of rotatable bonds is 6. The van der Waals surface area contributed by atoms with E-state index >= 15 is 0 Å². The molecular weight excluding hydrogens is 411 g/mol. The minimum Gasteiger partial charge on any atom is -0.466 e. The van der Waals surface area contributed by atoms with Crippen LogP contribution < -0.4 is 10.0 Å². The number of benzene rings is 1. The second-order valence-electron chi connectivity index (χ2n) is 8.82. The van der Waals surface area contributed by atoms with Gasteiger partial charge in [-0.15, -0.1) is 0 Å². The summed E-state index contributed by atoms with van der Waals surface area (Å²) in [6.07, 6.45) is 7.23. The van der Waals surface area contributed by atoms with Crippen LogP contribution in [0.25, 0.3) is 0 Å². The summed E-state index contributed by atoms with van der Waals surface area (Å²) in [5.74, 6) is 4.12. The number of nitrogens with zero attached hydrogens (tertiary/aromatic N) is 1. The Morgan fingerprint density at radius 2 is 2.19 bits per heavy atom. The van der Waals surface area contributed by atoms with E-state index in [4.69, 9.17) is 4.74 Å². The molecule has 1 aromatic heterocycles. The summed E-state index contributed by atoms with van der Waals surface area (Å²) < 4.78 is 24.2. The first-order valence-electron chi connectivity index (χ1n) is 11.1. The van der Waals surface area contributed by atoms with E-state index in [0.29, 0.717) is 23.3 Å². The molecule has 3 aliphatic rings. The molecule has 0 spiro atoms. The second-order valence-corrected chi connectivity index (χ2v) is 9.72. The van der Waals surface area contributed by atoms with Crippen molar-refractivity contribution in [2.24, 2.45) is 5.92 Å². The summed E-state index contributed by atoms with van der Waals surface area (Å²) in [6.45, 7) is 6.39. The third kappa shape index (κ3) is 4.20. The topological polar surface area (TPSA) is 62.0 Å². The fraction of sp³-hybridized carbons (Fsp3) is 0.458. The van der Waals surface area contributed by atoms with Crippen LogP contribution in [0.2, 0.25) is 0 Å². The smallest absolute Gasteiger partial charge is 0.152 e. The number of H-pyrrole nitrogens is 1. The van der Waals surface area contributed by atoms with Crippen LogP contribution in [0.4, 0.5) is 21.6 Å². The molecule has 0 radical (unpaired) electrons. The highest BCUT2D eigenvalue weighted by Crippen LogP contribution is 2.43. The summed E-state index contributed by atoms with van der Waals surface area (Å²) >= 11 is 1.61. The van der Waals surface area contributed by atoms with Gasteiger partial charge in [0.15, 0.2) is 11.6 Å². The number of aromatic nitrogens is 2. The standard InChI is InChI=1S/C24H29FN4OS/c1-14-4-3-5-22(14)30-15(2)16-6-7-17(12-16)21-13-23(28-27-21)26-20-9-8-19-18(24(20)25)10-11-31-29-19/h8-9,13,16-17,29H,2-7,10-12H2,1H3,(H2,26,27,28). The van der Waals surface area contributed by atoms with Gasteiger partial charge in [-0.3, -0.25) is 5.10 Å². The second kappa shape index (κ2) is 8.61. The molecule has 5 rings (SSSR count). The molecule has 164 valence electrons. The van der Waals surface area contributed by atoms with Crippen LogP contribution in [0.1, 0.15) is 62.6 Å². The maximum Gasteiger partial charge on any atom is 0.152 e. The number of hydrogen-bond donors (Lipinski definition) is 3. The average Bonchev–Trinajstić information content (AvgIpc) is 3.52. The van der Waals surface area contributed by atoms with Gasteiger partial charge in [-0.05, 0) is 63.2 Å². The lowest BCUT2D eigenvalue weighted by atomic mass is 10.0. The molecule has 1 aliphatic heterocycles. The molecule has 31 heavy (non-hydrogen) atoms. The SMILES string of the molecule is C=C(OC1=C(C)CCC1)C1CCC(c2cc(Nc3ccc4c(c3F)CCSN4)n[nH]2)C1. The zero-order valence-corrected chi connectivity index (χ0v) is 18.7. The molecule has 1 aromatic carbocycles. The first kappa shape index (κ1) is 20.5. The van der Waals surface area contributed by atoms with Crippen molar-refractivity contribution in [3.8, 4) is 0 Å². The monoisotopic (exact) mass is 440 g/mol. The Kier molecular flexibility index (Phi) is 5.69. The number of nitrogens with one attached hydrogen (secondary N) is 3. The summed E-state index contributed by atoms with van der Waals surface area (Å²) in [4.78, 5) is 0. The van der Waals surface area contributed by atoms with Crippen molar-refractivity contribution < 1.29 is 9.13 Å². The number of ether oxygens (including phenoxy) is 1. The van der Waals surface area contributed by atoms with Crippen LogP contribution in [0, 0.1) is 11.7 Å². The van der Waals surface area contributed by atoms with Crippen molar-refractivity contribution in [3.05, 3.63) is 58.9 Å². The quantitative estimate of drug-likeness (QED) is 0.341. The molecule has 0 bridgehead atoms. The lowest BCUT2D eigenvalue weighted by Gasteiger charge is -2.19. The normalized spacial score (nSPS) is 22.9. The number of hydrogen-bond acceptors (Lipinski definition) is 5. The van der Waals surface area contributed by atoms with E-state index in [9.17, 15) is 4.39 Å². The van der Waals surface area contributed by atoms with Gasteiger partial charge in [-0.1, -0.05) is 18.5 Å². The predicted molar refractivity (Wildman–Crippen MR) is 125 cm³/mol. The molecule has 1 fully saturated rings. The molecule has 3 N–H and O–H groups in total. The van der Waals surface area contributed by atoms with E-state index in [-0.39, 0.29) is 5.82 Å². The van der Waals surface area contributed by atoms with E-state index in [1.807, 2.05) is 12.1 Å². The fourth-order valence-electron chi connectivity index (χ4n) is 4.89. The molecule has 5 nitrogen and oxygen atoms in total. The molecule has 2 aromatic rings. The van der Waals surface area contributed by atoms with Gasteiger partial charge in [0.1, 0.15) is 5.76 Å². The lowest BCUT2D eigenvalue weighted by molar-refractivity contribution is 0.247. The fourth-order valence-corrected chi connectivity index (χ4v) is 5.65. The molecule has 2 heterocycles. The highest BCUT2D eigenvalue weighted by atomic mass is 32.2. The number of anilines is 3. The number of aromatic amines is 1. The number of fused-ring (bicyclic) bond motifs is 1. The Morgan fingerprint density at radius 1 is 1.29 bits per heavy atom. The number of halogens is 1. The van der Waals surface area contributed by atoms with Crippen molar-refractivity contribution in [1.29, 1.82) is 0 Å². The summed E-state index contributed by atoms with van der Waals surface area (Å²) in [5, 5.41) is 10.7. The molecule has 2 aliphatic carbocycles. The highest BCUT2D eigenvalue weighted by Gasteiger charge is 2.31. The third-order valence-corrected chi connectivity index (χ3v) is 7.53. The van der Waals surface area contributed by atoms with E-state index in [0.717, 1.165) is 72.7 Å². The Morgan fingerprint density at radius 3 is 3.03 bits per heavy atom. The van der Waals surface area contributed by atoms with Gasteiger partial charge in [-0.25, -0.2) is 4.39 Å². The van der Waals surface area contributed by atoms with E-state index in [2.05, 4.69) is 33.7 Å². The Hall–Kier alpha value is -2.41. The van der Waals surface area contributed by atoms with Gasteiger partial charge in [-0.2, -0.15) is 5.10 Å². The van der Waals surface area contributed by atoms with Crippen LogP contribution in [0.3, 0.4) is 0 Å². The van der Waals surface area contributed by atoms with Gasteiger partial charge in [0.2, 0.25) is 0 Å². The molecule has 0 saturated heterocycles. The Balaban J connectivity index is 1.22. The van der Waals surface area contributed by atoms with Crippen molar-refractivity contribution in [2.75, 3.05) is 15.8 Å². The molecule has 0 amide bonds. The molecule has 2 atom stereocenters. The number of allylic oxidation sites excluding steroid dienone is 3. The van der Waals surface area contributed by atoms with Crippen LogP contribution in [0.5, 0.6) is 0 Å². The summed E-state index contributed by atoms with van der Waals surface area (Å²) in [6, 6.07) is 5.70. The van der Waals surface area contributed by atoms with E-state index in [1.165, 1.54) is 12.0 Å². The zero-order chi connectivity index (χ0) is 21.4. The minimum absolute atomic E-state index is 0.194. The molecule has 2 unspecified atom stereocenters. The van der Waals surface area contributed by atoms with Crippen molar-refractivity contribution in [3.63, 3.8) is 0 Å². The highest BCUT2D eigenvalue weighted by molar-refractivity contribution is 8.00. The van der Waals surface area contributed by atoms with Gasteiger partial charge in [0.05, 0.1) is 17.1 Å². The van der Waals surface area contributed by atoms with Gasteiger partial charge in [0, 0.05) is 41.3 Å². The first-order valence-corrected chi connectivity index (χ1v) is 12.1. The minimum atomic E-state index is -0.194. The molecule has 7 heteroatoms. The van der Waals surface area contributed by atoms with Gasteiger partial charge in [0.25, 0.3) is 0 Å². The van der Waals surface area contributed by atoms with E-state index < -0.39 is 0 Å². The van der Waals surface area contributed by atoms with Crippen molar-refractivity contribution in [1.82, 2.24) is 10.2 Å². The molecular formula is C24H29FN4OS. The third-order valence-electron chi connectivity index (χ3n) is 6.75. The van der Waals surface area contributed by atoms with Crippen LogP contribution in [-0.2, 0) is 11.2 Å². The van der Waals surface area contributed by atoms with E-state index in [1.54, 1.807) is 18.0 Å². The average molecular weight is 441 g/mol.